The van der Waals surface area contributed by atoms with Gasteiger partial charge in [-0.25, -0.2) is 4.79 Å². The van der Waals surface area contributed by atoms with Gasteiger partial charge in [-0.05, 0) is 18.1 Å². The first-order valence-corrected chi connectivity index (χ1v) is 6.75. The van der Waals surface area contributed by atoms with Crippen LogP contribution in [0.3, 0.4) is 0 Å². The van der Waals surface area contributed by atoms with Gasteiger partial charge in [-0.2, -0.15) is 0 Å². The van der Waals surface area contributed by atoms with Crippen LogP contribution in [0.1, 0.15) is 29.3 Å². The molecular weight excluding hydrogens is 303 g/mol. The smallest absolute Gasteiger partial charge is 0.345 e. The van der Waals surface area contributed by atoms with Gasteiger partial charge in [-0.1, -0.05) is 36.7 Å². The van der Waals surface area contributed by atoms with Gasteiger partial charge in [0, 0.05) is 17.5 Å². The van der Waals surface area contributed by atoms with Crippen molar-refractivity contribution in [3.05, 3.63) is 39.4 Å². The van der Waals surface area contributed by atoms with Crippen LogP contribution < -0.4 is 4.74 Å². The Bertz CT molecular complexity index is 622. The third-order valence-corrected chi connectivity index (χ3v) is 4.02. The molecule has 0 aliphatic carbocycles. The number of carboxylic acids is 1. The summed E-state index contributed by atoms with van der Waals surface area (Å²) in [6.07, 6.45) is -0.350. The summed E-state index contributed by atoms with van der Waals surface area (Å²) in [4.78, 5) is 23.1. The molecule has 0 radical (unpaired) electrons. The lowest BCUT2D eigenvalue weighted by Crippen LogP contribution is -2.24. The molecule has 20 heavy (non-hydrogen) atoms. The molecule has 2 rings (SSSR count). The Morgan fingerprint density at radius 2 is 2.10 bits per heavy atom. The van der Waals surface area contributed by atoms with E-state index in [2.05, 4.69) is 6.58 Å². The number of ketones is 1. The number of allylic oxidation sites excluding steroid dienone is 1. The molecule has 1 N–H and O–H groups in total. The topological polar surface area (TPSA) is 63.6 Å². The molecule has 0 amide bonds. The van der Waals surface area contributed by atoms with Crippen LogP contribution in [0.25, 0.3) is 0 Å². The van der Waals surface area contributed by atoms with Crippen molar-refractivity contribution in [1.29, 1.82) is 0 Å². The van der Waals surface area contributed by atoms with E-state index < -0.39 is 12.1 Å². The lowest BCUT2D eigenvalue weighted by molar-refractivity contribution is -0.144. The van der Waals surface area contributed by atoms with Gasteiger partial charge >= 0.3 is 5.97 Å². The first kappa shape index (κ1) is 14.9. The van der Waals surface area contributed by atoms with E-state index in [-0.39, 0.29) is 33.6 Å². The number of hydrogen-bond donors (Lipinski definition) is 1. The number of carboxylic acid groups (broad SMARTS) is 1. The Kier molecular flexibility index (Phi) is 4.06. The number of ether oxygens (including phenoxy) is 1. The fourth-order valence-corrected chi connectivity index (χ4v) is 2.47. The van der Waals surface area contributed by atoms with E-state index in [1.165, 1.54) is 6.07 Å². The van der Waals surface area contributed by atoms with Gasteiger partial charge in [0.05, 0.1) is 5.02 Å². The third-order valence-electron chi connectivity index (χ3n) is 3.17. The highest BCUT2D eigenvalue weighted by atomic mass is 35.5. The predicted octanol–water partition coefficient (Wildman–Crippen LogP) is 3.53. The van der Waals surface area contributed by atoms with E-state index in [1.807, 2.05) is 6.92 Å². The molecule has 1 heterocycles. The Hall–Kier alpha value is -1.52. The van der Waals surface area contributed by atoms with Gasteiger partial charge in [0.15, 0.2) is 11.9 Å². The molecule has 0 saturated heterocycles. The number of fused-ring (bicyclic) bond motifs is 1. The zero-order valence-corrected chi connectivity index (χ0v) is 12.2. The number of benzene rings is 1. The summed E-state index contributed by atoms with van der Waals surface area (Å²) in [5.74, 6) is -1.14. The maximum Gasteiger partial charge on any atom is 0.345 e. The van der Waals surface area contributed by atoms with E-state index >= 15 is 0 Å². The minimum absolute atomic E-state index is 0.0658. The number of Topliss-reactive ketones (excluding diaryl/α,β-unsaturated/α-hetero) is 1. The molecule has 1 unspecified atom stereocenters. The minimum Gasteiger partial charge on any atom is -0.478 e. The molecule has 106 valence electrons. The van der Waals surface area contributed by atoms with Crippen LogP contribution in [-0.2, 0) is 11.2 Å². The second kappa shape index (κ2) is 5.46. The largest absolute Gasteiger partial charge is 0.478 e. The third kappa shape index (κ3) is 2.41. The second-order valence-electron chi connectivity index (χ2n) is 4.48. The zero-order valence-electron chi connectivity index (χ0n) is 10.7. The van der Waals surface area contributed by atoms with Crippen molar-refractivity contribution in [2.24, 2.45) is 0 Å². The fraction of sp³-hybridized carbons (Fsp3) is 0.286. The average Bonchev–Trinajstić information content (AvgIpc) is 2.85. The molecule has 0 spiro atoms. The molecule has 1 aliphatic rings. The molecule has 1 aliphatic heterocycles. The van der Waals surface area contributed by atoms with Crippen LogP contribution in [0, 0.1) is 0 Å². The van der Waals surface area contributed by atoms with Crippen molar-refractivity contribution in [2.75, 3.05) is 0 Å². The lowest BCUT2D eigenvalue weighted by Gasteiger charge is -2.10. The first-order chi connectivity index (χ1) is 9.36. The van der Waals surface area contributed by atoms with Gasteiger partial charge in [0.1, 0.15) is 10.8 Å². The number of aliphatic carboxylic acids is 1. The Balaban J connectivity index is 2.48. The predicted molar refractivity (Wildman–Crippen MR) is 76.0 cm³/mol. The highest BCUT2D eigenvalue weighted by Crippen LogP contribution is 2.43. The Labute approximate surface area is 125 Å². The van der Waals surface area contributed by atoms with E-state index in [1.54, 1.807) is 0 Å². The zero-order chi connectivity index (χ0) is 15.0. The van der Waals surface area contributed by atoms with Gasteiger partial charge in [-0.3, -0.25) is 4.79 Å². The van der Waals surface area contributed by atoms with Crippen molar-refractivity contribution in [3.63, 3.8) is 0 Å². The van der Waals surface area contributed by atoms with Crippen molar-refractivity contribution in [3.8, 4) is 5.75 Å². The minimum atomic E-state index is -1.08. The quantitative estimate of drug-likeness (QED) is 0.682. The monoisotopic (exact) mass is 314 g/mol. The number of rotatable bonds is 4. The highest BCUT2D eigenvalue weighted by molar-refractivity contribution is 6.45. The molecule has 0 bridgehead atoms. The SMILES string of the molecule is C=C(CC)C(=O)c1cc2c(c(Cl)c1Cl)OC(C(=O)O)C2. The van der Waals surface area contributed by atoms with Crippen LogP contribution >= 0.6 is 23.2 Å². The molecule has 4 nitrogen and oxygen atoms in total. The van der Waals surface area contributed by atoms with Crippen LogP contribution in [0.15, 0.2) is 18.2 Å². The molecule has 1 aromatic carbocycles. The van der Waals surface area contributed by atoms with Crippen molar-refractivity contribution < 1.29 is 19.4 Å². The van der Waals surface area contributed by atoms with Crippen molar-refractivity contribution in [2.45, 2.75) is 25.9 Å². The summed E-state index contributed by atoms with van der Waals surface area (Å²) in [6, 6.07) is 1.54. The van der Waals surface area contributed by atoms with Gasteiger partial charge in [0.2, 0.25) is 0 Å². The molecule has 0 saturated carbocycles. The van der Waals surface area contributed by atoms with Gasteiger partial charge < -0.3 is 9.84 Å². The van der Waals surface area contributed by atoms with Crippen molar-refractivity contribution >= 4 is 35.0 Å². The average molecular weight is 315 g/mol. The van der Waals surface area contributed by atoms with E-state index in [0.717, 1.165) is 0 Å². The normalized spacial score (nSPS) is 16.4. The summed E-state index contributed by atoms with van der Waals surface area (Å²) in [5, 5.41) is 9.10. The van der Waals surface area contributed by atoms with E-state index in [9.17, 15) is 9.59 Å². The first-order valence-electron chi connectivity index (χ1n) is 5.99. The van der Waals surface area contributed by atoms with Gasteiger partial charge in [-0.15, -0.1) is 0 Å². The maximum absolute atomic E-state index is 12.2. The van der Waals surface area contributed by atoms with E-state index in [4.69, 9.17) is 33.0 Å². The van der Waals surface area contributed by atoms with Crippen LogP contribution in [0.4, 0.5) is 0 Å². The number of halogens is 2. The highest BCUT2D eigenvalue weighted by Gasteiger charge is 2.33. The molecule has 1 atom stereocenters. The number of carbonyl (C=O) groups is 2. The van der Waals surface area contributed by atoms with Gasteiger partial charge in [0.25, 0.3) is 0 Å². The Morgan fingerprint density at radius 1 is 1.45 bits per heavy atom. The van der Waals surface area contributed by atoms with E-state index in [0.29, 0.717) is 17.6 Å². The second-order valence-corrected chi connectivity index (χ2v) is 5.23. The Morgan fingerprint density at radius 3 is 2.65 bits per heavy atom. The summed E-state index contributed by atoms with van der Waals surface area (Å²) in [6.45, 7) is 5.49. The van der Waals surface area contributed by atoms with Crippen LogP contribution in [0.5, 0.6) is 5.75 Å². The molecule has 1 aromatic rings. The lowest BCUT2D eigenvalue weighted by atomic mass is 9.99. The molecule has 6 heteroatoms. The summed E-state index contributed by atoms with van der Waals surface area (Å²) >= 11 is 12.2. The fourth-order valence-electron chi connectivity index (χ4n) is 1.98. The van der Waals surface area contributed by atoms with Crippen LogP contribution in [-0.4, -0.2) is 23.0 Å². The number of hydrogen-bond acceptors (Lipinski definition) is 3. The molecule has 0 aromatic heterocycles. The molecular formula is C14H12Cl2O4. The van der Waals surface area contributed by atoms with Crippen LogP contribution in [0.2, 0.25) is 10.0 Å². The maximum atomic E-state index is 12.2. The summed E-state index contributed by atoms with van der Waals surface area (Å²) < 4.78 is 5.25. The van der Waals surface area contributed by atoms with Crippen molar-refractivity contribution in [1.82, 2.24) is 0 Å². The molecule has 0 fully saturated rings. The standard InChI is InChI=1S/C14H12Cl2O4/c1-3-6(2)12(17)8-4-7-5-9(14(18)19)20-13(7)11(16)10(8)15/h4,9H,2-3,5H2,1H3,(H,18,19). The summed E-state index contributed by atoms with van der Waals surface area (Å²) in [7, 11) is 0. The number of carbonyl (C=O) groups excluding carboxylic acids is 1. The summed E-state index contributed by atoms with van der Waals surface area (Å²) in [5.41, 5.74) is 1.22.